The Balaban J connectivity index is 1.74. The number of imide groups is 1. The third kappa shape index (κ3) is 3.80. The van der Waals surface area contributed by atoms with Gasteiger partial charge in [0, 0.05) is 12.1 Å². The molecule has 148 valence electrons. The Hall–Kier alpha value is -3.74. The number of carbonyl (C=O) groups is 4. The fourth-order valence-corrected chi connectivity index (χ4v) is 2.98. The number of hydrogen-bond donors (Lipinski definition) is 0. The van der Waals surface area contributed by atoms with Crippen molar-refractivity contribution in [3.63, 3.8) is 0 Å². The molecule has 7 nitrogen and oxygen atoms in total. The summed E-state index contributed by atoms with van der Waals surface area (Å²) in [7, 11) is 1.52. The smallest absolute Gasteiger partial charge is 0.338 e. The zero-order valence-electron chi connectivity index (χ0n) is 16.0. The molecule has 2 aromatic carbocycles. The molecular weight excluding hydrogens is 374 g/mol. The number of rotatable bonds is 7. The number of amides is 2. The van der Waals surface area contributed by atoms with E-state index in [0.29, 0.717) is 11.3 Å². The maximum atomic E-state index is 12.5. The molecule has 2 amide bonds. The quantitative estimate of drug-likeness (QED) is 0.311. The van der Waals surface area contributed by atoms with Crippen LogP contribution in [-0.2, 0) is 4.74 Å². The molecule has 7 heteroatoms. The monoisotopic (exact) mass is 393 g/mol. The molecule has 0 spiro atoms. The van der Waals surface area contributed by atoms with Gasteiger partial charge in [-0.2, -0.15) is 0 Å². The van der Waals surface area contributed by atoms with E-state index in [2.05, 4.69) is 6.58 Å². The number of ketones is 1. The van der Waals surface area contributed by atoms with Crippen molar-refractivity contribution in [2.45, 2.75) is 13.0 Å². The molecule has 1 atom stereocenters. The molecule has 1 aliphatic heterocycles. The normalized spacial score (nSPS) is 13.7. The maximum absolute atomic E-state index is 12.5. The van der Waals surface area contributed by atoms with Gasteiger partial charge in [0.05, 0.1) is 23.8 Å². The summed E-state index contributed by atoms with van der Waals surface area (Å²) in [6.45, 7) is 5.08. The van der Waals surface area contributed by atoms with E-state index in [0.717, 1.165) is 4.90 Å². The molecule has 1 aliphatic rings. The van der Waals surface area contributed by atoms with Crippen molar-refractivity contribution in [1.29, 1.82) is 0 Å². The van der Waals surface area contributed by atoms with E-state index < -0.39 is 23.9 Å². The summed E-state index contributed by atoms with van der Waals surface area (Å²) in [4.78, 5) is 50.6. The van der Waals surface area contributed by atoms with Crippen LogP contribution in [0.15, 0.2) is 55.1 Å². The molecule has 0 unspecified atom stereocenters. The standard InChI is InChI=1S/C22H19NO6/c1-4-11-23-20(25)17-10-7-15(12-18(17)21(23)26)22(27)29-13(2)19(24)14-5-8-16(28-3)9-6-14/h4-10,12-13H,1,11H2,2-3H3/t13-/m0/s1. The molecule has 2 aromatic rings. The number of nitrogens with zero attached hydrogens (tertiary/aromatic N) is 1. The Morgan fingerprint density at radius 3 is 2.28 bits per heavy atom. The molecule has 0 N–H and O–H groups in total. The van der Waals surface area contributed by atoms with E-state index in [1.165, 1.54) is 38.3 Å². The van der Waals surface area contributed by atoms with Crippen molar-refractivity contribution in [2.24, 2.45) is 0 Å². The number of Topliss-reactive ketones (excluding diaryl/α,β-unsaturated/α-hetero) is 1. The van der Waals surface area contributed by atoms with Gasteiger partial charge in [0.1, 0.15) is 5.75 Å². The fraction of sp³-hybridized carbons (Fsp3) is 0.182. The number of esters is 1. The second kappa shape index (κ2) is 8.10. The van der Waals surface area contributed by atoms with Crippen molar-refractivity contribution in [2.75, 3.05) is 13.7 Å². The molecule has 0 fully saturated rings. The summed E-state index contributed by atoms with van der Waals surface area (Å²) in [5, 5.41) is 0. The highest BCUT2D eigenvalue weighted by Crippen LogP contribution is 2.24. The SMILES string of the molecule is C=CCN1C(=O)c2ccc(C(=O)O[C@@H](C)C(=O)c3ccc(OC)cc3)cc2C1=O. The minimum atomic E-state index is -1.03. The Kier molecular flexibility index (Phi) is 5.59. The zero-order valence-corrected chi connectivity index (χ0v) is 16.0. The average Bonchev–Trinajstić information content (AvgIpc) is 2.97. The molecule has 0 aliphatic carbocycles. The van der Waals surface area contributed by atoms with Crippen LogP contribution in [0.5, 0.6) is 5.75 Å². The molecule has 29 heavy (non-hydrogen) atoms. The molecule has 0 radical (unpaired) electrons. The van der Waals surface area contributed by atoms with E-state index in [4.69, 9.17) is 9.47 Å². The van der Waals surface area contributed by atoms with Gasteiger partial charge in [-0.3, -0.25) is 19.3 Å². The molecule has 1 heterocycles. The Bertz CT molecular complexity index is 1010. The number of ether oxygens (including phenoxy) is 2. The Morgan fingerprint density at radius 2 is 1.66 bits per heavy atom. The summed E-state index contributed by atoms with van der Waals surface area (Å²) in [6.07, 6.45) is 0.419. The van der Waals surface area contributed by atoms with E-state index in [-0.39, 0.29) is 29.0 Å². The predicted octanol–water partition coefficient (Wildman–Crippen LogP) is 2.91. The van der Waals surface area contributed by atoms with Crippen LogP contribution in [-0.4, -0.2) is 48.2 Å². The second-order valence-corrected chi connectivity index (χ2v) is 6.41. The highest BCUT2D eigenvalue weighted by Gasteiger charge is 2.35. The summed E-state index contributed by atoms with van der Waals surface area (Å²) in [6, 6.07) is 10.6. The Labute approximate surface area is 167 Å². The van der Waals surface area contributed by atoms with Crippen LogP contribution in [0.3, 0.4) is 0 Å². The number of fused-ring (bicyclic) bond motifs is 1. The number of benzene rings is 2. The van der Waals surface area contributed by atoms with Gasteiger partial charge in [-0.25, -0.2) is 4.79 Å². The third-order valence-electron chi connectivity index (χ3n) is 4.55. The van der Waals surface area contributed by atoms with E-state index in [9.17, 15) is 19.2 Å². The van der Waals surface area contributed by atoms with Gasteiger partial charge in [-0.05, 0) is 49.4 Å². The van der Waals surface area contributed by atoms with Gasteiger partial charge in [0.15, 0.2) is 6.10 Å². The Morgan fingerprint density at radius 1 is 1.03 bits per heavy atom. The first-order valence-electron chi connectivity index (χ1n) is 8.87. The van der Waals surface area contributed by atoms with Crippen molar-refractivity contribution in [3.8, 4) is 5.75 Å². The highest BCUT2D eigenvalue weighted by molar-refractivity contribution is 6.22. The van der Waals surface area contributed by atoms with Gasteiger partial charge < -0.3 is 9.47 Å². The first kappa shape index (κ1) is 20.0. The number of carbonyl (C=O) groups excluding carboxylic acids is 4. The van der Waals surface area contributed by atoms with Gasteiger partial charge in [0.25, 0.3) is 11.8 Å². The molecule has 0 aromatic heterocycles. The van der Waals surface area contributed by atoms with Crippen molar-refractivity contribution in [3.05, 3.63) is 77.4 Å². The largest absolute Gasteiger partial charge is 0.497 e. The van der Waals surface area contributed by atoms with Gasteiger partial charge in [-0.15, -0.1) is 6.58 Å². The van der Waals surface area contributed by atoms with Crippen LogP contribution in [0.1, 0.15) is 48.4 Å². The first-order chi connectivity index (χ1) is 13.9. The average molecular weight is 393 g/mol. The van der Waals surface area contributed by atoms with E-state index in [1.54, 1.807) is 24.3 Å². The lowest BCUT2D eigenvalue weighted by Crippen LogP contribution is -2.29. The maximum Gasteiger partial charge on any atom is 0.338 e. The fourth-order valence-electron chi connectivity index (χ4n) is 2.98. The summed E-state index contributed by atoms with van der Waals surface area (Å²) in [5.41, 5.74) is 0.803. The van der Waals surface area contributed by atoms with Crippen LogP contribution < -0.4 is 4.74 Å². The summed E-state index contributed by atoms with van der Waals surface area (Å²) in [5.74, 6) is -1.46. The lowest BCUT2D eigenvalue weighted by molar-refractivity contribution is 0.0318. The molecule has 0 saturated carbocycles. The van der Waals surface area contributed by atoms with Gasteiger partial charge in [0.2, 0.25) is 5.78 Å². The van der Waals surface area contributed by atoms with Crippen LogP contribution in [0, 0.1) is 0 Å². The second-order valence-electron chi connectivity index (χ2n) is 6.41. The first-order valence-corrected chi connectivity index (χ1v) is 8.87. The summed E-state index contributed by atoms with van der Waals surface area (Å²) < 4.78 is 10.3. The number of methoxy groups -OCH3 is 1. The minimum absolute atomic E-state index is 0.0829. The summed E-state index contributed by atoms with van der Waals surface area (Å²) >= 11 is 0. The van der Waals surface area contributed by atoms with E-state index in [1.807, 2.05) is 0 Å². The van der Waals surface area contributed by atoms with Gasteiger partial charge in [-0.1, -0.05) is 6.08 Å². The molecule has 0 bridgehead atoms. The van der Waals surface area contributed by atoms with E-state index >= 15 is 0 Å². The van der Waals surface area contributed by atoms with Crippen molar-refractivity contribution < 1.29 is 28.7 Å². The lowest BCUT2D eigenvalue weighted by Gasteiger charge is -2.13. The third-order valence-corrected chi connectivity index (χ3v) is 4.55. The molecule has 3 rings (SSSR count). The number of hydrogen-bond acceptors (Lipinski definition) is 6. The topological polar surface area (TPSA) is 90.0 Å². The van der Waals surface area contributed by atoms with Crippen LogP contribution >= 0.6 is 0 Å². The van der Waals surface area contributed by atoms with Crippen molar-refractivity contribution in [1.82, 2.24) is 4.90 Å². The predicted molar refractivity (Wildman–Crippen MR) is 104 cm³/mol. The zero-order chi connectivity index (χ0) is 21.1. The lowest BCUT2D eigenvalue weighted by atomic mass is 10.1. The molecular formula is C22H19NO6. The van der Waals surface area contributed by atoms with Crippen molar-refractivity contribution >= 4 is 23.6 Å². The molecule has 0 saturated heterocycles. The van der Waals surface area contributed by atoms with Crippen LogP contribution in [0.4, 0.5) is 0 Å². The van der Waals surface area contributed by atoms with Gasteiger partial charge >= 0.3 is 5.97 Å². The highest BCUT2D eigenvalue weighted by atomic mass is 16.5. The minimum Gasteiger partial charge on any atom is -0.497 e. The van der Waals surface area contributed by atoms with Crippen LogP contribution in [0.2, 0.25) is 0 Å². The van der Waals surface area contributed by atoms with Crippen LogP contribution in [0.25, 0.3) is 0 Å².